The molecule has 0 saturated heterocycles. The van der Waals surface area contributed by atoms with E-state index in [4.69, 9.17) is 0 Å². The van der Waals surface area contributed by atoms with Crippen LogP contribution in [0.1, 0.15) is 19.4 Å². The predicted octanol–water partition coefficient (Wildman–Crippen LogP) is 2.35. The Bertz CT molecular complexity index is 557. The van der Waals surface area contributed by atoms with Crippen LogP contribution in [0.15, 0.2) is 42.7 Å². The van der Waals surface area contributed by atoms with Crippen LogP contribution in [-0.2, 0) is 17.1 Å². The molecule has 0 radical (unpaired) electrons. The third kappa shape index (κ3) is 5.52. The Morgan fingerprint density at radius 2 is 1.91 bits per heavy atom. The van der Waals surface area contributed by atoms with Crippen LogP contribution >= 0.6 is 11.8 Å². The summed E-state index contributed by atoms with van der Waals surface area (Å²) in [6.45, 7) is 4.77. The monoisotopic (exact) mass is 318 g/mol. The number of amides is 1. The number of hydrogen-bond acceptors (Lipinski definition) is 4. The second-order valence-electron chi connectivity index (χ2n) is 5.48. The molecule has 1 heterocycles. The molecule has 0 bridgehead atoms. The standard InChI is InChI=1S/C16H22N4OS/c1-13(2)15(10-20-17-8-9-18-20)19-16(21)12-22-11-14-6-4-3-5-7-14/h3-9,13,15H,10-12H2,1-2H3,(H,19,21)/t15-/m0/s1. The van der Waals surface area contributed by atoms with Crippen LogP contribution in [0.2, 0.25) is 0 Å². The molecule has 0 aliphatic rings. The van der Waals surface area contributed by atoms with Crippen LogP contribution in [0.4, 0.5) is 0 Å². The van der Waals surface area contributed by atoms with Crippen molar-refractivity contribution < 1.29 is 4.79 Å². The van der Waals surface area contributed by atoms with Gasteiger partial charge in [-0.15, -0.1) is 11.8 Å². The summed E-state index contributed by atoms with van der Waals surface area (Å²) >= 11 is 1.63. The summed E-state index contributed by atoms with van der Waals surface area (Å²) in [6.07, 6.45) is 3.30. The van der Waals surface area contributed by atoms with E-state index < -0.39 is 0 Å². The van der Waals surface area contributed by atoms with Gasteiger partial charge in [-0.25, -0.2) is 0 Å². The molecule has 0 fully saturated rings. The highest BCUT2D eigenvalue weighted by atomic mass is 32.2. The molecule has 0 aliphatic carbocycles. The lowest BCUT2D eigenvalue weighted by atomic mass is 10.0. The molecule has 0 spiro atoms. The highest BCUT2D eigenvalue weighted by molar-refractivity contribution is 7.99. The van der Waals surface area contributed by atoms with Crippen molar-refractivity contribution in [2.75, 3.05) is 5.75 Å². The topological polar surface area (TPSA) is 59.8 Å². The van der Waals surface area contributed by atoms with E-state index in [1.807, 2.05) is 18.2 Å². The Balaban J connectivity index is 1.76. The molecule has 1 atom stereocenters. The fraction of sp³-hybridized carbons (Fsp3) is 0.438. The van der Waals surface area contributed by atoms with Crippen LogP contribution in [0.3, 0.4) is 0 Å². The van der Waals surface area contributed by atoms with Gasteiger partial charge in [-0.1, -0.05) is 44.2 Å². The van der Waals surface area contributed by atoms with Gasteiger partial charge in [0.25, 0.3) is 0 Å². The number of aromatic nitrogens is 3. The second-order valence-corrected chi connectivity index (χ2v) is 6.47. The van der Waals surface area contributed by atoms with Gasteiger partial charge in [0.2, 0.25) is 5.91 Å². The molecule has 1 amide bonds. The lowest BCUT2D eigenvalue weighted by molar-refractivity contribution is -0.119. The normalized spacial score (nSPS) is 12.3. The van der Waals surface area contributed by atoms with Crippen LogP contribution < -0.4 is 5.32 Å². The maximum Gasteiger partial charge on any atom is 0.230 e. The number of thioether (sulfide) groups is 1. The zero-order valence-corrected chi connectivity index (χ0v) is 13.8. The van der Waals surface area contributed by atoms with Crippen molar-refractivity contribution in [1.82, 2.24) is 20.3 Å². The number of benzene rings is 1. The van der Waals surface area contributed by atoms with Gasteiger partial charge in [0.1, 0.15) is 0 Å². The van der Waals surface area contributed by atoms with Gasteiger partial charge in [0, 0.05) is 5.75 Å². The average Bonchev–Trinajstić information content (AvgIpc) is 3.00. The van der Waals surface area contributed by atoms with E-state index in [1.165, 1.54) is 5.56 Å². The van der Waals surface area contributed by atoms with E-state index in [0.717, 1.165) is 5.75 Å². The van der Waals surface area contributed by atoms with Crippen molar-refractivity contribution in [2.45, 2.75) is 32.2 Å². The molecule has 5 nitrogen and oxygen atoms in total. The van der Waals surface area contributed by atoms with Crippen molar-refractivity contribution in [1.29, 1.82) is 0 Å². The SMILES string of the molecule is CC(C)[C@H](Cn1nccn1)NC(=O)CSCc1ccccc1. The van der Waals surface area contributed by atoms with Gasteiger partial charge in [-0.2, -0.15) is 15.0 Å². The van der Waals surface area contributed by atoms with Gasteiger partial charge in [0.05, 0.1) is 30.7 Å². The minimum Gasteiger partial charge on any atom is -0.350 e. The quantitative estimate of drug-likeness (QED) is 0.811. The van der Waals surface area contributed by atoms with Crippen LogP contribution in [-0.4, -0.2) is 32.7 Å². The summed E-state index contributed by atoms with van der Waals surface area (Å²) in [5.41, 5.74) is 1.24. The lowest BCUT2D eigenvalue weighted by Crippen LogP contribution is -2.42. The van der Waals surface area contributed by atoms with Crippen molar-refractivity contribution in [3.63, 3.8) is 0 Å². The van der Waals surface area contributed by atoms with E-state index in [2.05, 4.69) is 41.5 Å². The fourth-order valence-electron chi connectivity index (χ4n) is 2.02. The van der Waals surface area contributed by atoms with E-state index in [-0.39, 0.29) is 11.9 Å². The number of carbonyl (C=O) groups is 1. The maximum atomic E-state index is 12.1. The van der Waals surface area contributed by atoms with E-state index in [0.29, 0.717) is 18.2 Å². The maximum absolute atomic E-state index is 12.1. The number of carbonyl (C=O) groups excluding carboxylic acids is 1. The summed E-state index contributed by atoms with van der Waals surface area (Å²) in [4.78, 5) is 13.7. The van der Waals surface area contributed by atoms with Crippen molar-refractivity contribution in [2.24, 2.45) is 5.92 Å². The second kappa shape index (κ2) is 8.58. The lowest BCUT2D eigenvalue weighted by Gasteiger charge is -2.21. The number of hydrogen-bond donors (Lipinski definition) is 1. The van der Waals surface area contributed by atoms with E-state index in [1.54, 1.807) is 29.0 Å². The van der Waals surface area contributed by atoms with Crippen LogP contribution in [0, 0.1) is 5.92 Å². The first-order valence-electron chi connectivity index (χ1n) is 7.40. The van der Waals surface area contributed by atoms with Crippen molar-refractivity contribution in [3.8, 4) is 0 Å². The number of nitrogens with zero attached hydrogens (tertiary/aromatic N) is 3. The average molecular weight is 318 g/mol. The molecule has 0 saturated carbocycles. The summed E-state index contributed by atoms with van der Waals surface area (Å²) in [7, 11) is 0. The third-order valence-corrected chi connectivity index (χ3v) is 4.33. The predicted molar refractivity (Wildman–Crippen MR) is 89.4 cm³/mol. The smallest absolute Gasteiger partial charge is 0.230 e. The molecular weight excluding hydrogens is 296 g/mol. The van der Waals surface area contributed by atoms with Gasteiger partial charge in [-0.3, -0.25) is 4.79 Å². The first kappa shape index (κ1) is 16.5. The molecule has 1 aromatic heterocycles. The third-order valence-electron chi connectivity index (χ3n) is 3.32. The van der Waals surface area contributed by atoms with Crippen LogP contribution in [0.5, 0.6) is 0 Å². The minimum absolute atomic E-state index is 0.0391. The Morgan fingerprint density at radius 3 is 2.55 bits per heavy atom. The Labute approximate surface area is 135 Å². The molecule has 118 valence electrons. The van der Waals surface area contributed by atoms with Crippen molar-refractivity contribution in [3.05, 3.63) is 48.3 Å². The highest BCUT2D eigenvalue weighted by Gasteiger charge is 2.17. The molecule has 2 aromatic rings. The van der Waals surface area contributed by atoms with Gasteiger partial charge in [-0.05, 0) is 11.5 Å². The van der Waals surface area contributed by atoms with Gasteiger partial charge < -0.3 is 5.32 Å². The van der Waals surface area contributed by atoms with E-state index >= 15 is 0 Å². The minimum atomic E-state index is 0.0391. The van der Waals surface area contributed by atoms with Crippen molar-refractivity contribution >= 4 is 17.7 Å². The number of nitrogens with one attached hydrogen (secondary N) is 1. The molecule has 6 heteroatoms. The molecule has 2 rings (SSSR count). The summed E-state index contributed by atoms with van der Waals surface area (Å²) in [5.74, 6) is 1.70. The highest BCUT2D eigenvalue weighted by Crippen LogP contribution is 2.12. The van der Waals surface area contributed by atoms with E-state index in [9.17, 15) is 4.79 Å². The molecule has 0 aliphatic heterocycles. The molecule has 0 unspecified atom stereocenters. The first-order valence-corrected chi connectivity index (χ1v) is 8.55. The van der Waals surface area contributed by atoms with Gasteiger partial charge in [0.15, 0.2) is 0 Å². The first-order chi connectivity index (χ1) is 10.6. The largest absolute Gasteiger partial charge is 0.350 e. The Kier molecular flexibility index (Phi) is 6.45. The van der Waals surface area contributed by atoms with Gasteiger partial charge >= 0.3 is 0 Å². The Morgan fingerprint density at radius 1 is 1.23 bits per heavy atom. The molecule has 1 aromatic carbocycles. The molecule has 1 N–H and O–H groups in total. The Hall–Kier alpha value is -1.82. The number of rotatable bonds is 8. The molecule has 22 heavy (non-hydrogen) atoms. The molecular formula is C16H22N4OS. The summed E-state index contributed by atoms with van der Waals surface area (Å²) < 4.78 is 0. The summed E-state index contributed by atoms with van der Waals surface area (Å²) in [5, 5.41) is 11.3. The van der Waals surface area contributed by atoms with Crippen LogP contribution in [0.25, 0.3) is 0 Å². The zero-order valence-electron chi connectivity index (χ0n) is 13.0. The summed E-state index contributed by atoms with van der Waals surface area (Å²) in [6, 6.07) is 10.2. The fourth-order valence-corrected chi connectivity index (χ4v) is 2.82. The zero-order chi connectivity index (χ0) is 15.8.